The third kappa shape index (κ3) is 5.95. The van der Waals surface area contributed by atoms with Crippen molar-refractivity contribution in [3.05, 3.63) is 86.1 Å². The number of aromatic nitrogens is 3. The van der Waals surface area contributed by atoms with Gasteiger partial charge in [-0.05, 0) is 85.5 Å². The molecule has 0 spiro atoms. The van der Waals surface area contributed by atoms with Crippen LogP contribution in [0.4, 0.5) is 0 Å². The number of H-pyrrole nitrogens is 1. The molecule has 2 atom stereocenters. The molecule has 5 rings (SSSR count). The predicted molar refractivity (Wildman–Crippen MR) is 172 cm³/mol. The predicted octanol–water partition coefficient (Wildman–Crippen LogP) is 1.83. The van der Waals surface area contributed by atoms with E-state index >= 15 is 0 Å². The number of nitriles is 1. The van der Waals surface area contributed by atoms with Crippen LogP contribution in [0.3, 0.4) is 0 Å². The number of carbonyl (C=O) groups is 3. The summed E-state index contributed by atoms with van der Waals surface area (Å²) in [6.07, 6.45) is 3.08. The minimum Gasteiger partial charge on any atom is -0.345 e. The van der Waals surface area contributed by atoms with Crippen molar-refractivity contribution in [1.82, 2.24) is 34.8 Å². The normalized spacial score (nSPS) is 17.3. The van der Waals surface area contributed by atoms with Crippen LogP contribution in [0.25, 0.3) is 0 Å². The van der Waals surface area contributed by atoms with Gasteiger partial charge in [0.2, 0.25) is 5.91 Å². The molecule has 0 saturated carbocycles. The molecule has 2 heterocycles. The summed E-state index contributed by atoms with van der Waals surface area (Å²) >= 11 is 0. The van der Waals surface area contributed by atoms with Gasteiger partial charge in [-0.15, -0.1) is 0 Å². The van der Waals surface area contributed by atoms with E-state index in [0.717, 1.165) is 28.7 Å². The zero-order valence-corrected chi connectivity index (χ0v) is 27.4. The monoisotopic (exact) mass is 626 g/mol. The number of nitrogens with zero attached hydrogens (tertiary/aromatic N) is 6. The van der Waals surface area contributed by atoms with Gasteiger partial charge in [0.15, 0.2) is 0 Å². The smallest absolute Gasteiger partial charge is 0.343 e. The third-order valence-electron chi connectivity index (χ3n) is 9.21. The molecule has 1 aliphatic heterocycles. The highest BCUT2D eigenvalue weighted by Gasteiger charge is 2.45. The quantitative estimate of drug-likeness (QED) is 0.388. The Morgan fingerprint density at radius 2 is 1.61 bits per heavy atom. The second kappa shape index (κ2) is 12.9. The number of fused-ring (bicyclic) bond motifs is 2. The molecule has 242 valence electrons. The lowest BCUT2D eigenvalue weighted by atomic mass is 9.67. The number of rotatable bonds is 8. The van der Waals surface area contributed by atoms with Crippen molar-refractivity contribution in [1.29, 1.82) is 5.26 Å². The molecule has 1 aromatic heterocycles. The average molecular weight is 627 g/mol. The van der Waals surface area contributed by atoms with Crippen molar-refractivity contribution in [3.63, 3.8) is 0 Å². The molecule has 0 radical (unpaired) electrons. The summed E-state index contributed by atoms with van der Waals surface area (Å²) in [6.45, 7) is 2.61. The Balaban J connectivity index is 1.66. The van der Waals surface area contributed by atoms with E-state index in [9.17, 15) is 24.4 Å². The first kappa shape index (κ1) is 32.6. The SMILES string of the molecule is C[C@@H](CC1(c2nn(C)c(=O)[nH]2)c2ccc(C(=O)N(C)C)cc2CCc2cc(C(=O)N(C)C)ccc21)NCC(=O)N1CCCC1C#N. The van der Waals surface area contributed by atoms with Gasteiger partial charge in [0.1, 0.15) is 11.9 Å². The summed E-state index contributed by atoms with van der Waals surface area (Å²) in [7, 11) is 8.45. The highest BCUT2D eigenvalue weighted by molar-refractivity contribution is 5.95. The number of aryl methyl sites for hydroxylation is 3. The van der Waals surface area contributed by atoms with Gasteiger partial charge in [-0.3, -0.25) is 19.4 Å². The molecule has 3 amide bonds. The maximum absolute atomic E-state index is 13.2. The third-order valence-corrected chi connectivity index (χ3v) is 9.21. The molecule has 12 heteroatoms. The molecular weight excluding hydrogens is 584 g/mol. The molecule has 3 aromatic rings. The van der Waals surface area contributed by atoms with Crippen molar-refractivity contribution in [2.24, 2.45) is 7.05 Å². The van der Waals surface area contributed by atoms with Crippen LogP contribution in [0.15, 0.2) is 41.2 Å². The summed E-state index contributed by atoms with van der Waals surface area (Å²) in [4.78, 5) is 59.9. The summed E-state index contributed by atoms with van der Waals surface area (Å²) in [5.41, 5.74) is 3.40. The summed E-state index contributed by atoms with van der Waals surface area (Å²) in [5, 5.41) is 17.6. The number of nitrogens with one attached hydrogen (secondary N) is 2. The van der Waals surface area contributed by atoms with Crippen LogP contribution in [-0.4, -0.2) is 101 Å². The van der Waals surface area contributed by atoms with E-state index in [-0.39, 0.29) is 36.0 Å². The van der Waals surface area contributed by atoms with E-state index in [1.165, 1.54) is 14.5 Å². The number of aromatic amines is 1. The molecule has 2 N–H and O–H groups in total. The molecule has 12 nitrogen and oxygen atoms in total. The summed E-state index contributed by atoms with van der Waals surface area (Å²) in [5.74, 6) is 0.0705. The zero-order valence-electron chi connectivity index (χ0n) is 27.4. The lowest BCUT2D eigenvalue weighted by Gasteiger charge is -2.37. The van der Waals surface area contributed by atoms with Crippen molar-refractivity contribution in [2.75, 3.05) is 41.3 Å². The fraction of sp³-hybridized carbons (Fsp3) is 0.471. The zero-order chi connectivity index (χ0) is 33.3. The van der Waals surface area contributed by atoms with E-state index in [0.29, 0.717) is 49.2 Å². The average Bonchev–Trinajstić information content (AvgIpc) is 3.63. The standard InChI is InChI=1S/C34H42N8O4/c1-21(36-20-29(43)42-15-7-8-26(42)19-35)18-34(32-37-33(46)41(6)38-32)27-13-11-24(30(44)39(2)3)16-22(27)9-10-23-17-25(12-14-28(23)34)31(45)40(4)5/h11-14,16-17,21,26,36H,7-10,15,18,20H2,1-6H3,(H,37,38,46)/t21-,26?/m0/s1. The number of benzene rings is 2. The van der Waals surface area contributed by atoms with Gasteiger partial charge in [-0.25, -0.2) is 9.48 Å². The molecule has 1 unspecified atom stereocenters. The van der Waals surface area contributed by atoms with Gasteiger partial charge >= 0.3 is 5.69 Å². The second-order valence-corrected chi connectivity index (χ2v) is 12.8. The van der Waals surface area contributed by atoms with Crippen molar-refractivity contribution < 1.29 is 14.4 Å². The van der Waals surface area contributed by atoms with Crippen LogP contribution >= 0.6 is 0 Å². The molecule has 1 aliphatic carbocycles. The van der Waals surface area contributed by atoms with Crippen LogP contribution < -0.4 is 11.0 Å². The molecular formula is C34H42N8O4. The van der Waals surface area contributed by atoms with E-state index in [1.807, 2.05) is 43.3 Å². The highest BCUT2D eigenvalue weighted by Crippen LogP contribution is 2.47. The van der Waals surface area contributed by atoms with Crippen LogP contribution in [0.2, 0.25) is 0 Å². The van der Waals surface area contributed by atoms with Gasteiger partial charge in [0.05, 0.1) is 18.0 Å². The lowest BCUT2D eigenvalue weighted by Crippen LogP contribution is -2.45. The first-order chi connectivity index (χ1) is 21.9. The van der Waals surface area contributed by atoms with Gasteiger partial charge in [-0.1, -0.05) is 12.1 Å². The minimum absolute atomic E-state index is 0.0560. The largest absolute Gasteiger partial charge is 0.345 e. The molecule has 1 fully saturated rings. The Labute approximate surface area is 269 Å². The lowest BCUT2D eigenvalue weighted by molar-refractivity contribution is -0.130. The second-order valence-electron chi connectivity index (χ2n) is 12.8. The van der Waals surface area contributed by atoms with Gasteiger partial charge in [0, 0.05) is 59.0 Å². The number of amides is 3. The Morgan fingerprint density at radius 3 is 2.09 bits per heavy atom. The molecule has 0 bridgehead atoms. The van der Waals surface area contributed by atoms with Gasteiger partial charge < -0.3 is 20.0 Å². The van der Waals surface area contributed by atoms with E-state index < -0.39 is 11.5 Å². The Morgan fingerprint density at radius 1 is 1.04 bits per heavy atom. The number of hydrogen-bond acceptors (Lipinski definition) is 7. The van der Waals surface area contributed by atoms with Gasteiger partial charge in [0.25, 0.3) is 11.8 Å². The van der Waals surface area contributed by atoms with Crippen molar-refractivity contribution >= 4 is 17.7 Å². The first-order valence-corrected chi connectivity index (χ1v) is 15.6. The molecule has 1 saturated heterocycles. The minimum atomic E-state index is -1.00. The van der Waals surface area contributed by atoms with Crippen LogP contribution in [-0.2, 0) is 30.1 Å². The van der Waals surface area contributed by atoms with Crippen LogP contribution in [0.1, 0.15) is 75.0 Å². The Kier molecular flexibility index (Phi) is 9.17. The number of carbonyl (C=O) groups excluding carboxylic acids is 3. The molecule has 2 aromatic carbocycles. The summed E-state index contributed by atoms with van der Waals surface area (Å²) < 4.78 is 1.27. The van der Waals surface area contributed by atoms with E-state index in [4.69, 9.17) is 5.10 Å². The van der Waals surface area contributed by atoms with Crippen LogP contribution in [0.5, 0.6) is 0 Å². The fourth-order valence-corrected chi connectivity index (χ4v) is 6.89. The fourth-order valence-electron chi connectivity index (χ4n) is 6.89. The molecule has 46 heavy (non-hydrogen) atoms. The topological polar surface area (TPSA) is 147 Å². The van der Waals surface area contributed by atoms with Crippen molar-refractivity contribution in [3.8, 4) is 6.07 Å². The van der Waals surface area contributed by atoms with E-state index in [2.05, 4.69) is 16.4 Å². The molecule has 2 aliphatic rings. The Hall–Kier alpha value is -4.76. The maximum Gasteiger partial charge on any atom is 0.343 e. The number of hydrogen-bond donors (Lipinski definition) is 2. The maximum atomic E-state index is 13.2. The highest BCUT2D eigenvalue weighted by atomic mass is 16.2. The summed E-state index contributed by atoms with van der Waals surface area (Å²) in [6, 6.07) is 12.9. The van der Waals surface area contributed by atoms with E-state index in [1.54, 1.807) is 40.1 Å². The van der Waals surface area contributed by atoms with Crippen LogP contribution in [0, 0.1) is 11.3 Å². The Bertz CT molecular complexity index is 1690. The van der Waals surface area contributed by atoms with Gasteiger partial charge in [-0.2, -0.15) is 10.4 Å². The first-order valence-electron chi connectivity index (χ1n) is 15.6. The number of likely N-dealkylation sites (tertiary alicyclic amines) is 1. The van der Waals surface area contributed by atoms with Crippen molar-refractivity contribution in [2.45, 2.75) is 56.5 Å².